The molecule has 68 valence electrons. The first-order chi connectivity index (χ1) is 6.06. The first-order valence-electron chi connectivity index (χ1n) is 3.51. The van der Waals surface area contributed by atoms with Gasteiger partial charge >= 0.3 is 0 Å². The molecule has 0 aliphatic heterocycles. The van der Waals surface area contributed by atoms with E-state index in [4.69, 9.17) is 11.6 Å². The van der Waals surface area contributed by atoms with E-state index >= 15 is 0 Å². The summed E-state index contributed by atoms with van der Waals surface area (Å²) >= 11 is 8.94. The first-order valence-corrected chi connectivity index (χ1v) is 4.68. The highest BCUT2D eigenvalue weighted by Crippen LogP contribution is 2.24. The predicted molar refractivity (Wildman–Crippen MR) is 54.5 cm³/mol. The third kappa shape index (κ3) is 2.17. The van der Waals surface area contributed by atoms with Crippen molar-refractivity contribution in [2.45, 2.75) is 6.92 Å². The fourth-order valence-corrected chi connectivity index (χ4v) is 1.66. The van der Waals surface area contributed by atoms with E-state index in [2.05, 4.69) is 15.9 Å². The van der Waals surface area contributed by atoms with E-state index in [1.54, 1.807) is 6.07 Å². The Hall–Kier alpha value is -0.670. The quantitative estimate of drug-likeness (QED) is 0.605. The lowest BCUT2D eigenvalue weighted by Gasteiger charge is -2.02. The lowest BCUT2D eigenvalue weighted by molar-refractivity contribution is 0.101. The number of Topliss-reactive ketones (excluding diaryl/α,β-unsaturated/α-hetero) is 1. The van der Waals surface area contributed by atoms with Crippen LogP contribution in [0.4, 0.5) is 0 Å². The van der Waals surface area contributed by atoms with Crippen molar-refractivity contribution in [3.63, 3.8) is 0 Å². The second kappa shape index (κ2) is 4.03. The molecule has 0 atom stereocenters. The second-order valence-corrected chi connectivity index (χ2v) is 3.79. The number of carbonyl (C=O) groups is 2. The molecule has 0 aliphatic carbocycles. The molecule has 0 amide bonds. The van der Waals surface area contributed by atoms with Crippen LogP contribution < -0.4 is 0 Å². The van der Waals surface area contributed by atoms with E-state index in [-0.39, 0.29) is 5.78 Å². The number of rotatable bonds is 2. The van der Waals surface area contributed by atoms with Gasteiger partial charge < -0.3 is 0 Å². The minimum atomic E-state index is -0.122. The average Bonchev–Trinajstić information content (AvgIpc) is 2.07. The zero-order chi connectivity index (χ0) is 10.0. The van der Waals surface area contributed by atoms with Crippen molar-refractivity contribution in [1.29, 1.82) is 0 Å². The summed E-state index contributed by atoms with van der Waals surface area (Å²) in [6, 6.07) is 3.02. The molecular formula is C9H6BrClO2. The summed E-state index contributed by atoms with van der Waals surface area (Å²) in [5.41, 5.74) is 0.856. The highest BCUT2D eigenvalue weighted by Gasteiger charge is 2.09. The Morgan fingerprint density at radius 3 is 2.62 bits per heavy atom. The zero-order valence-corrected chi connectivity index (χ0v) is 9.15. The van der Waals surface area contributed by atoms with Crippen LogP contribution in [0, 0.1) is 0 Å². The number of carbonyl (C=O) groups excluding carboxylic acids is 2. The van der Waals surface area contributed by atoms with E-state index in [1.807, 2.05) is 0 Å². The maximum atomic E-state index is 11.0. The number of ketones is 1. The zero-order valence-electron chi connectivity index (χ0n) is 6.80. The van der Waals surface area contributed by atoms with Crippen LogP contribution in [0.25, 0.3) is 0 Å². The van der Waals surface area contributed by atoms with E-state index in [0.717, 1.165) is 0 Å². The molecule has 13 heavy (non-hydrogen) atoms. The molecule has 1 aromatic carbocycles. The second-order valence-electron chi connectivity index (χ2n) is 2.53. The van der Waals surface area contributed by atoms with Gasteiger partial charge in [0.15, 0.2) is 12.1 Å². The lowest BCUT2D eigenvalue weighted by Crippen LogP contribution is -1.95. The van der Waals surface area contributed by atoms with Gasteiger partial charge in [0.05, 0.1) is 5.02 Å². The Bertz CT molecular complexity index is 374. The van der Waals surface area contributed by atoms with Crippen molar-refractivity contribution < 1.29 is 9.59 Å². The van der Waals surface area contributed by atoms with Crippen LogP contribution in [0.5, 0.6) is 0 Å². The summed E-state index contributed by atoms with van der Waals surface area (Å²) in [6.45, 7) is 1.42. The molecule has 0 aromatic heterocycles. The van der Waals surface area contributed by atoms with Crippen LogP contribution in [0.3, 0.4) is 0 Å². The Labute approximate surface area is 89.0 Å². The van der Waals surface area contributed by atoms with Gasteiger partial charge in [-0.25, -0.2) is 0 Å². The van der Waals surface area contributed by atoms with Crippen LogP contribution in [0.15, 0.2) is 16.6 Å². The third-order valence-corrected chi connectivity index (χ3v) is 2.59. The number of aldehydes is 1. The van der Waals surface area contributed by atoms with Crippen molar-refractivity contribution in [1.82, 2.24) is 0 Å². The first kappa shape index (κ1) is 10.4. The van der Waals surface area contributed by atoms with Gasteiger partial charge in [-0.3, -0.25) is 9.59 Å². The molecule has 4 heteroatoms. The summed E-state index contributed by atoms with van der Waals surface area (Å²) in [7, 11) is 0. The van der Waals surface area contributed by atoms with Crippen LogP contribution in [0.1, 0.15) is 27.6 Å². The minimum absolute atomic E-state index is 0.122. The maximum absolute atomic E-state index is 11.0. The molecule has 0 aliphatic rings. The Balaban J connectivity index is 3.36. The largest absolute Gasteiger partial charge is 0.298 e. The number of halogens is 2. The van der Waals surface area contributed by atoms with Gasteiger partial charge in [-0.1, -0.05) is 27.5 Å². The monoisotopic (exact) mass is 260 g/mol. The van der Waals surface area contributed by atoms with Crippen LogP contribution in [-0.4, -0.2) is 12.1 Å². The highest BCUT2D eigenvalue weighted by atomic mass is 79.9. The smallest absolute Gasteiger partial charge is 0.161 e. The molecule has 0 bridgehead atoms. The highest BCUT2D eigenvalue weighted by molar-refractivity contribution is 9.10. The van der Waals surface area contributed by atoms with Crippen molar-refractivity contribution in [3.8, 4) is 0 Å². The molecule has 0 heterocycles. The van der Waals surface area contributed by atoms with Crippen LogP contribution >= 0.6 is 27.5 Å². The Kier molecular flexibility index (Phi) is 3.22. The Morgan fingerprint density at radius 1 is 1.54 bits per heavy atom. The average molecular weight is 262 g/mol. The van der Waals surface area contributed by atoms with Crippen LogP contribution in [0.2, 0.25) is 5.02 Å². The van der Waals surface area contributed by atoms with Crippen molar-refractivity contribution in [3.05, 3.63) is 32.8 Å². The van der Waals surface area contributed by atoms with Gasteiger partial charge in [0.1, 0.15) is 0 Å². The van der Waals surface area contributed by atoms with Crippen molar-refractivity contribution in [2.24, 2.45) is 0 Å². The van der Waals surface area contributed by atoms with Crippen molar-refractivity contribution in [2.75, 3.05) is 0 Å². The summed E-state index contributed by atoms with van der Waals surface area (Å²) in [5.74, 6) is -0.122. The van der Waals surface area contributed by atoms with Gasteiger partial charge in [0, 0.05) is 15.6 Å². The van der Waals surface area contributed by atoms with Gasteiger partial charge in [-0.05, 0) is 19.1 Å². The predicted octanol–water partition coefficient (Wildman–Crippen LogP) is 3.12. The molecule has 1 aromatic rings. The molecule has 0 radical (unpaired) electrons. The molecule has 0 saturated carbocycles. The SMILES string of the molecule is CC(=O)c1cc(Br)c(C=O)cc1Cl. The molecule has 0 unspecified atom stereocenters. The summed E-state index contributed by atoms with van der Waals surface area (Å²) in [5, 5.41) is 0.304. The fourth-order valence-electron chi connectivity index (χ4n) is 0.922. The normalized spacial score (nSPS) is 9.77. The fraction of sp³-hybridized carbons (Fsp3) is 0.111. The third-order valence-electron chi connectivity index (χ3n) is 1.59. The van der Waals surface area contributed by atoms with Crippen molar-refractivity contribution >= 4 is 39.6 Å². The molecule has 0 saturated heterocycles. The van der Waals surface area contributed by atoms with E-state index in [9.17, 15) is 9.59 Å². The number of hydrogen-bond acceptors (Lipinski definition) is 2. The van der Waals surface area contributed by atoms with Gasteiger partial charge in [0.2, 0.25) is 0 Å². The van der Waals surface area contributed by atoms with E-state index < -0.39 is 0 Å². The van der Waals surface area contributed by atoms with Gasteiger partial charge in [-0.2, -0.15) is 0 Å². The molecular weight excluding hydrogens is 255 g/mol. The molecule has 0 spiro atoms. The summed E-state index contributed by atoms with van der Waals surface area (Å²) in [6.07, 6.45) is 0.680. The number of hydrogen-bond donors (Lipinski definition) is 0. The van der Waals surface area contributed by atoms with E-state index in [1.165, 1.54) is 13.0 Å². The van der Waals surface area contributed by atoms with Crippen LogP contribution in [-0.2, 0) is 0 Å². The molecule has 0 N–H and O–H groups in total. The lowest BCUT2D eigenvalue weighted by atomic mass is 10.1. The molecule has 1 rings (SSSR count). The maximum Gasteiger partial charge on any atom is 0.161 e. The molecule has 0 fully saturated rings. The Morgan fingerprint density at radius 2 is 2.15 bits per heavy atom. The minimum Gasteiger partial charge on any atom is -0.298 e. The number of benzene rings is 1. The topological polar surface area (TPSA) is 34.1 Å². The van der Waals surface area contributed by atoms with E-state index in [0.29, 0.717) is 26.9 Å². The molecule has 2 nitrogen and oxygen atoms in total. The summed E-state index contributed by atoms with van der Waals surface area (Å²) in [4.78, 5) is 21.5. The summed E-state index contributed by atoms with van der Waals surface area (Å²) < 4.78 is 0.581. The van der Waals surface area contributed by atoms with Gasteiger partial charge in [-0.15, -0.1) is 0 Å². The standard InChI is InChI=1S/C9H6BrClO2/c1-5(13)7-3-8(10)6(4-12)2-9(7)11/h2-4H,1H3. The van der Waals surface area contributed by atoms with Gasteiger partial charge in [0.25, 0.3) is 0 Å².